The lowest BCUT2D eigenvalue weighted by molar-refractivity contribution is -0.155. The summed E-state index contributed by atoms with van der Waals surface area (Å²) in [7, 11) is 0. The Bertz CT molecular complexity index is 360. The SMILES string of the molecule is CC(=O)C[C@@]12C(=O)O[C@H](C)[C@@H]1CC=C[C@H]2O. The first-order chi connectivity index (χ1) is 7.48. The molecule has 0 bridgehead atoms. The van der Waals surface area contributed by atoms with Gasteiger partial charge in [-0.3, -0.25) is 9.59 Å². The van der Waals surface area contributed by atoms with Crippen molar-refractivity contribution in [3.8, 4) is 0 Å². The molecule has 0 aromatic rings. The van der Waals surface area contributed by atoms with Gasteiger partial charge in [-0.05, 0) is 20.3 Å². The molecule has 0 spiro atoms. The van der Waals surface area contributed by atoms with Crippen LogP contribution in [0.25, 0.3) is 0 Å². The molecule has 88 valence electrons. The molecule has 0 saturated carbocycles. The maximum Gasteiger partial charge on any atom is 0.316 e. The van der Waals surface area contributed by atoms with Crippen LogP contribution in [0, 0.1) is 11.3 Å². The van der Waals surface area contributed by atoms with Crippen LogP contribution in [0.3, 0.4) is 0 Å². The van der Waals surface area contributed by atoms with Crippen molar-refractivity contribution in [3.05, 3.63) is 12.2 Å². The van der Waals surface area contributed by atoms with Crippen LogP contribution in [0.2, 0.25) is 0 Å². The zero-order valence-electron chi connectivity index (χ0n) is 9.47. The van der Waals surface area contributed by atoms with Gasteiger partial charge in [0.1, 0.15) is 17.3 Å². The van der Waals surface area contributed by atoms with Gasteiger partial charge in [-0.1, -0.05) is 12.2 Å². The van der Waals surface area contributed by atoms with E-state index in [1.807, 2.05) is 13.0 Å². The van der Waals surface area contributed by atoms with Crippen LogP contribution in [0.1, 0.15) is 26.7 Å². The third-order valence-corrected chi connectivity index (χ3v) is 3.68. The fourth-order valence-corrected chi connectivity index (χ4v) is 2.92. The molecule has 2 rings (SSSR count). The van der Waals surface area contributed by atoms with Crippen LogP contribution in [0.4, 0.5) is 0 Å². The Labute approximate surface area is 94.3 Å². The molecule has 4 heteroatoms. The second kappa shape index (κ2) is 3.70. The molecule has 0 unspecified atom stereocenters. The molecule has 4 nitrogen and oxygen atoms in total. The molecule has 0 aromatic heterocycles. The zero-order valence-corrected chi connectivity index (χ0v) is 9.47. The number of hydrogen-bond acceptors (Lipinski definition) is 4. The summed E-state index contributed by atoms with van der Waals surface area (Å²) in [5.41, 5.74) is -1.04. The number of ketones is 1. The average Bonchev–Trinajstić information content (AvgIpc) is 2.42. The van der Waals surface area contributed by atoms with Crippen molar-refractivity contribution in [1.82, 2.24) is 0 Å². The molecule has 1 N–H and O–H groups in total. The fraction of sp³-hybridized carbons (Fsp3) is 0.667. The predicted octanol–water partition coefficient (Wildman–Crippen LogP) is 0.834. The summed E-state index contributed by atoms with van der Waals surface area (Å²) >= 11 is 0. The lowest BCUT2D eigenvalue weighted by Crippen LogP contribution is -2.47. The predicted molar refractivity (Wildman–Crippen MR) is 56.5 cm³/mol. The number of carbonyl (C=O) groups is 2. The molecule has 1 heterocycles. The van der Waals surface area contributed by atoms with E-state index in [0.29, 0.717) is 6.42 Å². The van der Waals surface area contributed by atoms with E-state index in [2.05, 4.69) is 0 Å². The van der Waals surface area contributed by atoms with Gasteiger partial charge in [0.05, 0.1) is 6.10 Å². The van der Waals surface area contributed by atoms with Gasteiger partial charge in [-0.15, -0.1) is 0 Å². The van der Waals surface area contributed by atoms with Crippen molar-refractivity contribution in [2.24, 2.45) is 11.3 Å². The quantitative estimate of drug-likeness (QED) is 0.557. The zero-order chi connectivity index (χ0) is 11.9. The minimum atomic E-state index is -1.04. The molecule has 1 saturated heterocycles. The van der Waals surface area contributed by atoms with Crippen molar-refractivity contribution in [1.29, 1.82) is 0 Å². The molecule has 16 heavy (non-hydrogen) atoms. The van der Waals surface area contributed by atoms with E-state index in [4.69, 9.17) is 4.74 Å². The number of cyclic esters (lactones) is 1. The minimum absolute atomic E-state index is 0.0619. The van der Waals surface area contributed by atoms with Gasteiger partial charge in [0.2, 0.25) is 0 Å². The number of ether oxygens (including phenoxy) is 1. The van der Waals surface area contributed by atoms with Crippen LogP contribution < -0.4 is 0 Å². The minimum Gasteiger partial charge on any atom is -0.462 e. The van der Waals surface area contributed by atoms with Crippen LogP contribution in [-0.4, -0.2) is 29.1 Å². The smallest absolute Gasteiger partial charge is 0.316 e. The van der Waals surface area contributed by atoms with E-state index >= 15 is 0 Å². The van der Waals surface area contributed by atoms with Crippen molar-refractivity contribution in [2.45, 2.75) is 38.9 Å². The Morgan fingerprint density at radius 2 is 2.38 bits per heavy atom. The Hall–Kier alpha value is -1.16. The number of aliphatic hydroxyl groups is 1. The topological polar surface area (TPSA) is 63.6 Å². The molecule has 0 amide bonds. The van der Waals surface area contributed by atoms with Crippen LogP contribution in [0.5, 0.6) is 0 Å². The highest BCUT2D eigenvalue weighted by atomic mass is 16.6. The number of rotatable bonds is 2. The van der Waals surface area contributed by atoms with Gasteiger partial charge in [0.15, 0.2) is 0 Å². The second-order valence-corrected chi connectivity index (χ2v) is 4.74. The van der Waals surface area contributed by atoms with E-state index in [0.717, 1.165) is 0 Å². The highest BCUT2D eigenvalue weighted by Crippen LogP contribution is 2.49. The van der Waals surface area contributed by atoms with E-state index in [9.17, 15) is 14.7 Å². The largest absolute Gasteiger partial charge is 0.462 e. The monoisotopic (exact) mass is 224 g/mol. The third kappa shape index (κ3) is 1.40. The van der Waals surface area contributed by atoms with E-state index in [1.165, 1.54) is 6.92 Å². The molecule has 1 fully saturated rings. The van der Waals surface area contributed by atoms with Gasteiger partial charge in [-0.2, -0.15) is 0 Å². The number of esters is 1. The summed E-state index contributed by atoms with van der Waals surface area (Å²) < 4.78 is 5.19. The number of aliphatic hydroxyl groups excluding tert-OH is 1. The number of Topliss-reactive ketones (excluding diaryl/α,β-unsaturated/α-hetero) is 1. The Balaban J connectivity index is 2.43. The van der Waals surface area contributed by atoms with Crippen molar-refractivity contribution in [3.63, 3.8) is 0 Å². The molecule has 2 aliphatic rings. The molecule has 1 aliphatic heterocycles. The van der Waals surface area contributed by atoms with Gasteiger partial charge in [0, 0.05) is 12.3 Å². The first-order valence-electron chi connectivity index (χ1n) is 5.53. The summed E-state index contributed by atoms with van der Waals surface area (Å²) in [4.78, 5) is 23.2. The first-order valence-corrected chi connectivity index (χ1v) is 5.53. The summed E-state index contributed by atoms with van der Waals surface area (Å²) in [5.74, 6) is -0.619. The maximum absolute atomic E-state index is 11.9. The van der Waals surface area contributed by atoms with Crippen molar-refractivity contribution >= 4 is 11.8 Å². The summed E-state index contributed by atoms with van der Waals surface area (Å²) in [6, 6.07) is 0. The van der Waals surface area contributed by atoms with Gasteiger partial charge in [-0.25, -0.2) is 0 Å². The lowest BCUT2D eigenvalue weighted by Gasteiger charge is -2.36. The Kier molecular flexibility index (Phi) is 2.62. The fourth-order valence-electron chi connectivity index (χ4n) is 2.92. The highest BCUT2D eigenvalue weighted by Gasteiger charge is 2.60. The van der Waals surface area contributed by atoms with Gasteiger partial charge >= 0.3 is 5.97 Å². The average molecular weight is 224 g/mol. The molecule has 0 aromatic carbocycles. The summed E-state index contributed by atoms with van der Waals surface area (Å²) in [5, 5.41) is 10.0. The highest BCUT2D eigenvalue weighted by molar-refractivity contribution is 5.88. The lowest BCUT2D eigenvalue weighted by atomic mass is 9.64. The normalized spacial score (nSPS) is 41.7. The van der Waals surface area contributed by atoms with E-state index < -0.39 is 17.5 Å². The Morgan fingerprint density at radius 1 is 1.69 bits per heavy atom. The number of allylic oxidation sites excluding steroid dienone is 1. The van der Waals surface area contributed by atoms with E-state index in [-0.39, 0.29) is 24.2 Å². The Morgan fingerprint density at radius 3 is 3.00 bits per heavy atom. The van der Waals surface area contributed by atoms with Crippen molar-refractivity contribution in [2.75, 3.05) is 0 Å². The molecule has 0 radical (unpaired) electrons. The van der Waals surface area contributed by atoms with E-state index in [1.54, 1.807) is 6.08 Å². The number of hydrogen-bond donors (Lipinski definition) is 1. The van der Waals surface area contributed by atoms with Crippen LogP contribution in [-0.2, 0) is 14.3 Å². The van der Waals surface area contributed by atoms with Crippen LogP contribution in [0.15, 0.2) is 12.2 Å². The molecule has 4 atom stereocenters. The molecule has 1 aliphatic carbocycles. The van der Waals surface area contributed by atoms with Gasteiger partial charge < -0.3 is 9.84 Å². The molecular formula is C12H16O4. The molecular weight excluding hydrogens is 208 g/mol. The first kappa shape index (κ1) is 11.3. The number of fused-ring (bicyclic) bond motifs is 1. The standard InChI is InChI=1S/C12H16O4/c1-7(13)6-12-9(4-3-5-10(12)14)8(2)16-11(12)15/h3,5,8-10,14H,4,6H2,1-2H3/t8-,9+,10-,12-/m1/s1. The third-order valence-electron chi connectivity index (χ3n) is 3.68. The maximum atomic E-state index is 11.9. The summed E-state index contributed by atoms with van der Waals surface area (Å²) in [6.45, 7) is 3.25. The summed E-state index contributed by atoms with van der Waals surface area (Å²) in [6.07, 6.45) is 3.05. The van der Waals surface area contributed by atoms with Crippen LogP contribution >= 0.6 is 0 Å². The van der Waals surface area contributed by atoms with Crippen molar-refractivity contribution < 1.29 is 19.4 Å². The van der Waals surface area contributed by atoms with Gasteiger partial charge in [0.25, 0.3) is 0 Å². The second-order valence-electron chi connectivity index (χ2n) is 4.74. The number of carbonyl (C=O) groups excluding carboxylic acids is 2.